The number of likely N-dealkylation sites (tertiary alicyclic amines) is 2. The maximum absolute atomic E-state index is 13.6. The van der Waals surface area contributed by atoms with E-state index in [9.17, 15) is 23.2 Å². The van der Waals surface area contributed by atoms with Gasteiger partial charge in [-0.05, 0) is 18.9 Å². The second-order valence-electron chi connectivity index (χ2n) is 7.87. The number of nitrogens with zero attached hydrogens (tertiary/aromatic N) is 3. The number of rotatable bonds is 6. The van der Waals surface area contributed by atoms with Crippen LogP contribution in [0.5, 0.6) is 0 Å². The maximum atomic E-state index is 13.6. The molecule has 0 N–H and O–H groups in total. The molecule has 2 fully saturated rings. The number of piperidine rings is 1. The summed E-state index contributed by atoms with van der Waals surface area (Å²) in [7, 11) is 0. The first-order valence-electron chi connectivity index (χ1n) is 10.2. The molecule has 0 aliphatic carbocycles. The molecule has 0 unspecified atom stereocenters. The fourth-order valence-electron chi connectivity index (χ4n) is 4.48. The number of halogens is 2. The Balaban J connectivity index is 1.71. The standard InChI is InChI=1S/C22H25F2N3O3/c1-2-26-19(29)10-8-17(21(26)15-6-4-3-5-7-15)18(28)9-11-20(30)27-14-22(23,24)12-16(27)13-25/h3-7,16-17,21H,2,8-12,14H2,1H3/t16-,17-,21-/m0/s1. The van der Waals surface area contributed by atoms with Crippen LogP contribution < -0.4 is 0 Å². The molecule has 0 spiro atoms. The number of amides is 2. The molecule has 0 bridgehead atoms. The van der Waals surface area contributed by atoms with E-state index in [0.717, 1.165) is 10.5 Å². The smallest absolute Gasteiger partial charge is 0.268 e. The van der Waals surface area contributed by atoms with Gasteiger partial charge < -0.3 is 9.80 Å². The van der Waals surface area contributed by atoms with Gasteiger partial charge in [-0.2, -0.15) is 5.26 Å². The van der Waals surface area contributed by atoms with Crippen LogP contribution in [-0.4, -0.2) is 52.5 Å². The lowest BCUT2D eigenvalue weighted by molar-refractivity contribution is -0.143. The minimum absolute atomic E-state index is 0.0114. The van der Waals surface area contributed by atoms with E-state index in [1.54, 1.807) is 11.0 Å². The van der Waals surface area contributed by atoms with Gasteiger partial charge in [0.05, 0.1) is 18.7 Å². The van der Waals surface area contributed by atoms with E-state index < -0.39 is 42.8 Å². The van der Waals surface area contributed by atoms with Gasteiger partial charge in [-0.25, -0.2) is 8.78 Å². The zero-order valence-electron chi connectivity index (χ0n) is 16.9. The number of carbonyl (C=O) groups excluding carboxylic acids is 3. The van der Waals surface area contributed by atoms with Crippen molar-refractivity contribution in [1.29, 1.82) is 5.26 Å². The number of hydrogen-bond donors (Lipinski definition) is 0. The Morgan fingerprint density at radius 1 is 1.23 bits per heavy atom. The third-order valence-corrected chi connectivity index (χ3v) is 5.93. The first kappa shape index (κ1) is 21.9. The Labute approximate surface area is 174 Å². The Hall–Kier alpha value is -2.82. The Bertz CT molecular complexity index is 853. The molecule has 3 rings (SSSR count). The number of Topliss-reactive ketones (excluding diaryl/α,β-unsaturated/α-hetero) is 1. The highest BCUT2D eigenvalue weighted by atomic mass is 19.3. The lowest BCUT2D eigenvalue weighted by atomic mass is 9.80. The van der Waals surface area contributed by atoms with Gasteiger partial charge in [-0.1, -0.05) is 30.3 Å². The molecule has 0 radical (unpaired) electrons. The molecule has 0 saturated carbocycles. The highest BCUT2D eigenvalue weighted by molar-refractivity contribution is 5.89. The van der Waals surface area contributed by atoms with Gasteiger partial charge >= 0.3 is 0 Å². The van der Waals surface area contributed by atoms with E-state index in [1.807, 2.05) is 37.3 Å². The minimum atomic E-state index is -3.08. The van der Waals surface area contributed by atoms with E-state index in [1.165, 1.54) is 0 Å². The molecule has 1 aromatic carbocycles. The molecule has 1 aromatic rings. The summed E-state index contributed by atoms with van der Waals surface area (Å²) in [4.78, 5) is 40.4. The van der Waals surface area contributed by atoms with E-state index in [4.69, 9.17) is 5.26 Å². The third-order valence-electron chi connectivity index (χ3n) is 5.93. The van der Waals surface area contributed by atoms with Crippen molar-refractivity contribution in [2.75, 3.05) is 13.1 Å². The van der Waals surface area contributed by atoms with Gasteiger partial charge in [0, 0.05) is 38.1 Å². The quantitative estimate of drug-likeness (QED) is 0.712. The maximum Gasteiger partial charge on any atom is 0.268 e. The Morgan fingerprint density at radius 2 is 1.93 bits per heavy atom. The molecule has 2 saturated heterocycles. The number of benzene rings is 1. The number of carbonyl (C=O) groups is 3. The molecule has 2 aliphatic heterocycles. The second-order valence-corrected chi connectivity index (χ2v) is 7.87. The molecule has 160 valence electrons. The first-order valence-corrected chi connectivity index (χ1v) is 10.2. The van der Waals surface area contributed by atoms with Crippen molar-refractivity contribution >= 4 is 17.6 Å². The largest absolute Gasteiger partial charge is 0.335 e. The summed E-state index contributed by atoms with van der Waals surface area (Å²) in [6, 6.07) is 9.49. The number of hydrogen-bond acceptors (Lipinski definition) is 4. The first-order chi connectivity index (χ1) is 14.3. The van der Waals surface area contributed by atoms with Crippen LogP contribution in [0.15, 0.2) is 30.3 Å². The van der Waals surface area contributed by atoms with Crippen LogP contribution in [0.3, 0.4) is 0 Å². The van der Waals surface area contributed by atoms with Crippen molar-refractivity contribution in [2.24, 2.45) is 5.92 Å². The normalized spacial score (nSPS) is 25.8. The van der Waals surface area contributed by atoms with Crippen molar-refractivity contribution < 1.29 is 23.2 Å². The molecule has 0 aromatic heterocycles. The van der Waals surface area contributed by atoms with Crippen molar-refractivity contribution in [1.82, 2.24) is 9.80 Å². The Morgan fingerprint density at radius 3 is 2.57 bits per heavy atom. The fourth-order valence-corrected chi connectivity index (χ4v) is 4.48. The van der Waals surface area contributed by atoms with Crippen LogP contribution in [0.2, 0.25) is 0 Å². The van der Waals surface area contributed by atoms with Crippen LogP contribution in [0.4, 0.5) is 8.78 Å². The summed E-state index contributed by atoms with van der Waals surface area (Å²) >= 11 is 0. The van der Waals surface area contributed by atoms with Crippen molar-refractivity contribution in [3.8, 4) is 6.07 Å². The van der Waals surface area contributed by atoms with Gasteiger partial charge in [0.1, 0.15) is 11.8 Å². The molecular weight excluding hydrogens is 392 g/mol. The van der Waals surface area contributed by atoms with Gasteiger partial charge in [-0.3, -0.25) is 14.4 Å². The average Bonchev–Trinajstić information content (AvgIpc) is 3.06. The van der Waals surface area contributed by atoms with Crippen LogP contribution >= 0.6 is 0 Å². The zero-order valence-corrected chi connectivity index (χ0v) is 16.9. The van der Waals surface area contributed by atoms with E-state index in [2.05, 4.69) is 0 Å². The highest BCUT2D eigenvalue weighted by Gasteiger charge is 2.47. The molecule has 6 nitrogen and oxygen atoms in total. The number of alkyl halides is 2. The zero-order chi connectivity index (χ0) is 21.9. The summed E-state index contributed by atoms with van der Waals surface area (Å²) < 4.78 is 27.2. The third kappa shape index (κ3) is 4.50. The monoisotopic (exact) mass is 417 g/mol. The summed E-state index contributed by atoms with van der Waals surface area (Å²) in [6.07, 6.45) is -0.333. The summed E-state index contributed by atoms with van der Waals surface area (Å²) in [5.74, 6) is -4.32. The van der Waals surface area contributed by atoms with Gasteiger partial charge in [0.2, 0.25) is 11.8 Å². The van der Waals surface area contributed by atoms with E-state index >= 15 is 0 Å². The van der Waals surface area contributed by atoms with Crippen LogP contribution in [0.25, 0.3) is 0 Å². The topological polar surface area (TPSA) is 81.5 Å². The average molecular weight is 417 g/mol. The van der Waals surface area contributed by atoms with Gasteiger partial charge in [-0.15, -0.1) is 0 Å². The van der Waals surface area contributed by atoms with Crippen LogP contribution in [0.1, 0.15) is 50.6 Å². The molecule has 8 heteroatoms. The molecular formula is C22H25F2N3O3. The molecule has 2 amide bonds. The van der Waals surface area contributed by atoms with Crippen molar-refractivity contribution in [3.05, 3.63) is 35.9 Å². The molecule has 2 heterocycles. The fraction of sp³-hybridized carbons (Fsp3) is 0.545. The number of ketones is 1. The SMILES string of the molecule is CCN1C(=O)CC[C@@H](C(=O)CCC(=O)N2CC(F)(F)C[C@H]2C#N)[C@@H]1c1ccccc1. The Kier molecular flexibility index (Phi) is 6.49. The molecule has 2 aliphatic rings. The van der Waals surface area contributed by atoms with E-state index in [0.29, 0.717) is 13.0 Å². The van der Waals surface area contributed by atoms with Crippen molar-refractivity contribution in [3.63, 3.8) is 0 Å². The molecule has 3 atom stereocenters. The van der Waals surface area contributed by atoms with Gasteiger partial charge in [0.25, 0.3) is 5.92 Å². The minimum Gasteiger partial charge on any atom is -0.335 e. The van der Waals surface area contributed by atoms with E-state index in [-0.39, 0.29) is 31.0 Å². The second kappa shape index (κ2) is 8.90. The lowest BCUT2D eigenvalue weighted by Crippen LogP contribution is -2.45. The summed E-state index contributed by atoms with van der Waals surface area (Å²) in [5.41, 5.74) is 0.862. The van der Waals surface area contributed by atoms with Crippen molar-refractivity contribution in [2.45, 2.75) is 57.0 Å². The summed E-state index contributed by atoms with van der Waals surface area (Å²) in [6.45, 7) is 1.54. The number of nitriles is 1. The summed E-state index contributed by atoms with van der Waals surface area (Å²) in [5, 5.41) is 9.06. The van der Waals surface area contributed by atoms with Crippen LogP contribution in [-0.2, 0) is 14.4 Å². The highest BCUT2D eigenvalue weighted by Crippen LogP contribution is 2.38. The predicted octanol–water partition coefficient (Wildman–Crippen LogP) is 3.10. The lowest BCUT2D eigenvalue weighted by Gasteiger charge is -2.40. The van der Waals surface area contributed by atoms with Gasteiger partial charge in [0.15, 0.2) is 0 Å². The predicted molar refractivity (Wildman–Crippen MR) is 104 cm³/mol. The molecule has 30 heavy (non-hydrogen) atoms. The van der Waals surface area contributed by atoms with Crippen LogP contribution in [0, 0.1) is 17.2 Å².